The number of aryl methyl sites for hydroxylation is 1. The standard InChI is InChI=1S/C21H29N5O/c1-15-22-19(14-20(23-15)24-16-8-6-4-5-7-9-16)21(27)25-17-10-12-18(13-11-17)26(2)3/h10-14,16H,4-9H2,1-3H3,(H,25,27)(H,22,23,24). The Morgan fingerprint density at radius 3 is 2.33 bits per heavy atom. The zero-order valence-electron chi connectivity index (χ0n) is 16.5. The maximum Gasteiger partial charge on any atom is 0.274 e. The second-order valence-electron chi connectivity index (χ2n) is 7.41. The predicted molar refractivity (Wildman–Crippen MR) is 111 cm³/mol. The molecule has 27 heavy (non-hydrogen) atoms. The van der Waals surface area contributed by atoms with Crippen molar-refractivity contribution in [3.63, 3.8) is 0 Å². The minimum Gasteiger partial charge on any atom is -0.378 e. The number of nitrogens with one attached hydrogen (secondary N) is 2. The van der Waals surface area contributed by atoms with Gasteiger partial charge in [0.2, 0.25) is 0 Å². The van der Waals surface area contributed by atoms with Gasteiger partial charge in [0.05, 0.1) is 0 Å². The highest BCUT2D eigenvalue weighted by Gasteiger charge is 2.15. The molecular formula is C21H29N5O. The lowest BCUT2D eigenvalue weighted by molar-refractivity contribution is 0.102. The van der Waals surface area contributed by atoms with Crippen molar-refractivity contribution >= 4 is 23.1 Å². The van der Waals surface area contributed by atoms with Gasteiger partial charge in [0, 0.05) is 37.6 Å². The Morgan fingerprint density at radius 2 is 1.70 bits per heavy atom. The molecule has 1 aliphatic rings. The van der Waals surface area contributed by atoms with Crippen molar-refractivity contribution in [3.05, 3.63) is 41.9 Å². The van der Waals surface area contributed by atoms with E-state index >= 15 is 0 Å². The number of hydrogen-bond acceptors (Lipinski definition) is 5. The fourth-order valence-electron chi connectivity index (χ4n) is 3.43. The molecule has 1 amide bonds. The SMILES string of the molecule is Cc1nc(NC2CCCCCC2)cc(C(=O)Nc2ccc(N(C)C)cc2)n1. The van der Waals surface area contributed by atoms with Gasteiger partial charge in [0.25, 0.3) is 5.91 Å². The zero-order valence-corrected chi connectivity index (χ0v) is 16.5. The second kappa shape index (κ2) is 8.84. The number of hydrogen-bond donors (Lipinski definition) is 2. The molecule has 6 nitrogen and oxygen atoms in total. The number of anilines is 3. The lowest BCUT2D eigenvalue weighted by Crippen LogP contribution is -2.21. The van der Waals surface area contributed by atoms with Crippen molar-refractivity contribution in [1.82, 2.24) is 9.97 Å². The van der Waals surface area contributed by atoms with Crippen LogP contribution < -0.4 is 15.5 Å². The van der Waals surface area contributed by atoms with Crippen molar-refractivity contribution in [1.29, 1.82) is 0 Å². The Bertz CT molecular complexity index is 765. The van der Waals surface area contributed by atoms with Crippen molar-refractivity contribution in [3.8, 4) is 0 Å². The van der Waals surface area contributed by atoms with E-state index in [0.717, 1.165) is 30.0 Å². The molecule has 0 radical (unpaired) electrons. The van der Waals surface area contributed by atoms with E-state index in [-0.39, 0.29) is 5.91 Å². The van der Waals surface area contributed by atoms with Crippen LogP contribution in [-0.2, 0) is 0 Å². The molecule has 1 aromatic heterocycles. The Kier molecular flexibility index (Phi) is 6.27. The van der Waals surface area contributed by atoms with Crippen LogP contribution in [0.2, 0.25) is 0 Å². The van der Waals surface area contributed by atoms with Gasteiger partial charge in [0.1, 0.15) is 17.3 Å². The predicted octanol–water partition coefficient (Wildman–Crippen LogP) is 4.24. The Hall–Kier alpha value is -2.63. The summed E-state index contributed by atoms with van der Waals surface area (Å²) in [4.78, 5) is 23.5. The van der Waals surface area contributed by atoms with Crippen molar-refractivity contribution in [2.75, 3.05) is 29.6 Å². The molecule has 0 saturated heterocycles. The molecule has 1 fully saturated rings. The number of rotatable bonds is 5. The van der Waals surface area contributed by atoms with Crippen LogP contribution in [0, 0.1) is 6.92 Å². The summed E-state index contributed by atoms with van der Waals surface area (Å²) < 4.78 is 0. The molecule has 1 aliphatic carbocycles. The van der Waals surface area contributed by atoms with Crippen LogP contribution in [0.1, 0.15) is 54.8 Å². The Morgan fingerprint density at radius 1 is 1.04 bits per heavy atom. The zero-order chi connectivity index (χ0) is 19.2. The smallest absolute Gasteiger partial charge is 0.274 e. The van der Waals surface area contributed by atoms with Crippen LogP contribution >= 0.6 is 0 Å². The summed E-state index contributed by atoms with van der Waals surface area (Å²) in [5.41, 5.74) is 2.22. The molecule has 3 rings (SSSR count). The fraction of sp³-hybridized carbons (Fsp3) is 0.476. The van der Waals surface area contributed by atoms with Crippen LogP contribution in [-0.4, -0.2) is 36.0 Å². The van der Waals surface area contributed by atoms with E-state index in [1.807, 2.05) is 50.2 Å². The van der Waals surface area contributed by atoms with Gasteiger partial charge in [-0.25, -0.2) is 9.97 Å². The highest BCUT2D eigenvalue weighted by atomic mass is 16.1. The molecule has 144 valence electrons. The maximum absolute atomic E-state index is 12.6. The van der Waals surface area contributed by atoms with E-state index in [2.05, 4.69) is 20.6 Å². The number of carbonyl (C=O) groups excluding carboxylic acids is 1. The molecule has 1 heterocycles. The van der Waals surface area contributed by atoms with Crippen LogP contribution in [0.5, 0.6) is 0 Å². The summed E-state index contributed by atoms with van der Waals surface area (Å²) >= 11 is 0. The third kappa shape index (κ3) is 5.42. The Balaban J connectivity index is 1.69. The first-order chi connectivity index (χ1) is 13.0. The van der Waals surface area contributed by atoms with Gasteiger partial charge in [-0.1, -0.05) is 25.7 Å². The molecule has 2 N–H and O–H groups in total. The van der Waals surface area contributed by atoms with E-state index in [9.17, 15) is 4.79 Å². The monoisotopic (exact) mass is 367 g/mol. The molecule has 0 atom stereocenters. The van der Waals surface area contributed by atoms with Gasteiger partial charge in [0.15, 0.2) is 0 Å². The quantitative estimate of drug-likeness (QED) is 0.774. The van der Waals surface area contributed by atoms with Gasteiger partial charge in [-0.3, -0.25) is 4.79 Å². The minimum absolute atomic E-state index is 0.220. The average Bonchev–Trinajstić information content (AvgIpc) is 2.90. The summed E-state index contributed by atoms with van der Waals surface area (Å²) in [6.07, 6.45) is 7.42. The van der Waals surface area contributed by atoms with Crippen molar-refractivity contribution in [2.45, 2.75) is 51.5 Å². The number of carbonyl (C=O) groups is 1. The maximum atomic E-state index is 12.6. The molecule has 1 saturated carbocycles. The molecule has 0 aliphatic heterocycles. The van der Waals surface area contributed by atoms with E-state index in [4.69, 9.17) is 0 Å². The first-order valence-electron chi connectivity index (χ1n) is 9.72. The largest absolute Gasteiger partial charge is 0.378 e. The number of aromatic nitrogens is 2. The summed E-state index contributed by atoms with van der Waals surface area (Å²) in [5.74, 6) is 1.12. The lowest BCUT2D eigenvalue weighted by Gasteiger charge is -2.17. The van der Waals surface area contributed by atoms with Gasteiger partial charge >= 0.3 is 0 Å². The van der Waals surface area contributed by atoms with Crippen molar-refractivity contribution < 1.29 is 4.79 Å². The molecule has 0 bridgehead atoms. The molecule has 6 heteroatoms. The first kappa shape index (κ1) is 19.1. The normalized spacial score (nSPS) is 15.1. The van der Waals surface area contributed by atoms with Gasteiger partial charge in [-0.2, -0.15) is 0 Å². The van der Waals surface area contributed by atoms with E-state index < -0.39 is 0 Å². The number of nitrogens with zero attached hydrogens (tertiary/aromatic N) is 3. The molecule has 2 aromatic rings. The lowest BCUT2D eigenvalue weighted by atomic mass is 10.1. The molecule has 0 spiro atoms. The van der Waals surface area contributed by atoms with Crippen LogP contribution in [0.15, 0.2) is 30.3 Å². The Labute approximate surface area is 161 Å². The minimum atomic E-state index is -0.220. The second-order valence-corrected chi connectivity index (χ2v) is 7.41. The first-order valence-corrected chi connectivity index (χ1v) is 9.72. The van der Waals surface area contributed by atoms with Crippen molar-refractivity contribution in [2.24, 2.45) is 0 Å². The highest BCUT2D eigenvalue weighted by molar-refractivity contribution is 6.03. The average molecular weight is 367 g/mol. The van der Waals surface area contributed by atoms with E-state index in [0.29, 0.717) is 17.6 Å². The van der Waals surface area contributed by atoms with Crippen LogP contribution in [0.4, 0.5) is 17.2 Å². The number of benzene rings is 1. The number of amides is 1. The molecule has 1 aromatic carbocycles. The highest BCUT2D eigenvalue weighted by Crippen LogP contribution is 2.21. The van der Waals surface area contributed by atoms with Gasteiger partial charge < -0.3 is 15.5 Å². The van der Waals surface area contributed by atoms with Gasteiger partial charge in [-0.05, 0) is 44.0 Å². The third-order valence-electron chi connectivity index (χ3n) is 4.92. The summed E-state index contributed by atoms with van der Waals surface area (Å²) in [6.45, 7) is 1.82. The molecule has 0 unspecified atom stereocenters. The third-order valence-corrected chi connectivity index (χ3v) is 4.92. The van der Waals surface area contributed by atoms with Crippen LogP contribution in [0.25, 0.3) is 0 Å². The van der Waals surface area contributed by atoms with Gasteiger partial charge in [-0.15, -0.1) is 0 Å². The summed E-state index contributed by atoms with van der Waals surface area (Å²) in [7, 11) is 3.97. The van der Waals surface area contributed by atoms with Crippen LogP contribution in [0.3, 0.4) is 0 Å². The topological polar surface area (TPSA) is 70.2 Å². The summed E-state index contributed by atoms with van der Waals surface area (Å²) in [6, 6.07) is 9.91. The summed E-state index contributed by atoms with van der Waals surface area (Å²) in [5, 5.41) is 6.42. The van der Waals surface area contributed by atoms with E-state index in [1.165, 1.54) is 25.7 Å². The molecular weight excluding hydrogens is 338 g/mol. The van der Waals surface area contributed by atoms with E-state index in [1.54, 1.807) is 6.07 Å². The fourth-order valence-corrected chi connectivity index (χ4v) is 3.43.